The van der Waals surface area contributed by atoms with Crippen LogP contribution in [0.15, 0.2) is 42.5 Å². The zero-order chi connectivity index (χ0) is 20.0. The van der Waals surface area contributed by atoms with E-state index in [0.717, 1.165) is 37.3 Å². The smallest absolute Gasteiger partial charge is 0.253 e. The van der Waals surface area contributed by atoms with E-state index < -0.39 is 0 Å². The number of fused-ring (bicyclic) bond motifs is 2. The molecule has 1 N–H and O–H groups in total. The molecule has 0 saturated carbocycles. The summed E-state index contributed by atoms with van der Waals surface area (Å²) in [4.78, 5) is 17.0. The molecule has 0 atom stereocenters. The second kappa shape index (κ2) is 7.12. The van der Waals surface area contributed by atoms with E-state index in [2.05, 4.69) is 40.3 Å². The van der Waals surface area contributed by atoms with Crippen molar-refractivity contribution in [1.82, 2.24) is 20.0 Å². The van der Waals surface area contributed by atoms with Crippen molar-refractivity contribution in [3.05, 3.63) is 76.2 Å². The third-order valence-electron chi connectivity index (χ3n) is 5.99. The van der Waals surface area contributed by atoms with Crippen molar-refractivity contribution in [2.24, 2.45) is 0 Å². The lowest BCUT2D eigenvalue weighted by atomic mass is 9.96. The molecule has 3 aromatic rings. The van der Waals surface area contributed by atoms with E-state index in [-0.39, 0.29) is 11.7 Å². The van der Waals surface area contributed by atoms with Gasteiger partial charge in [-0.3, -0.25) is 14.8 Å². The van der Waals surface area contributed by atoms with Crippen LogP contribution in [-0.2, 0) is 25.9 Å². The van der Waals surface area contributed by atoms with Gasteiger partial charge in [0.15, 0.2) is 0 Å². The highest BCUT2D eigenvalue weighted by molar-refractivity contribution is 5.94. The number of halogens is 1. The summed E-state index contributed by atoms with van der Waals surface area (Å²) in [7, 11) is 2.13. The molecule has 2 aromatic carbocycles. The zero-order valence-electron chi connectivity index (χ0n) is 16.4. The Labute approximate surface area is 169 Å². The van der Waals surface area contributed by atoms with Crippen LogP contribution < -0.4 is 0 Å². The molecule has 3 heterocycles. The Bertz CT molecular complexity index is 1070. The second-order valence-electron chi connectivity index (χ2n) is 7.94. The standard InChI is InChI=1S/C23H23FN4O/c1-27-13-16-3-2-4-18(20(16)14-27)22-19-9-11-28(12-10-21(19)25-26-22)23(29)15-5-7-17(24)8-6-15/h2-8H,9-14H2,1H3,(H,25,26). The Morgan fingerprint density at radius 3 is 2.66 bits per heavy atom. The van der Waals surface area contributed by atoms with Crippen molar-refractivity contribution in [3.63, 3.8) is 0 Å². The minimum Gasteiger partial charge on any atom is -0.338 e. The van der Waals surface area contributed by atoms with Gasteiger partial charge < -0.3 is 4.90 Å². The molecule has 2 aliphatic heterocycles. The minimum atomic E-state index is -0.329. The molecule has 1 aromatic heterocycles. The number of H-pyrrole nitrogens is 1. The van der Waals surface area contributed by atoms with Gasteiger partial charge in [-0.15, -0.1) is 0 Å². The average Bonchev–Trinajstić information content (AvgIpc) is 3.23. The average molecular weight is 390 g/mol. The first-order valence-electron chi connectivity index (χ1n) is 10.0. The van der Waals surface area contributed by atoms with Crippen LogP contribution >= 0.6 is 0 Å². The van der Waals surface area contributed by atoms with Crippen LogP contribution in [-0.4, -0.2) is 46.0 Å². The van der Waals surface area contributed by atoms with Crippen molar-refractivity contribution in [1.29, 1.82) is 0 Å². The number of aromatic amines is 1. The molecule has 0 bridgehead atoms. The third kappa shape index (κ3) is 3.23. The summed E-state index contributed by atoms with van der Waals surface area (Å²) in [6.07, 6.45) is 1.50. The van der Waals surface area contributed by atoms with Crippen molar-refractivity contribution >= 4 is 5.91 Å². The van der Waals surface area contributed by atoms with Crippen molar-refractivity contribution < 1.29 is 9.18 Å². The normalized spacial score (nSPS) is 16.4. The number of nitrogens with one attached hydrogen (secondary N) is 1. The molecule has 0 spiro atoms. The molecule has 5 nitrogen and oxygen atoms in total. The quantitative estimate of drug-likeness (QED) is 0.730. The maximum Gasteiger partial charge on any atom is 0.253 e. The van der Waals surface area contributed by atoms with Crippen LogP contribution in [0.3, 0.4) is 0 Å². The van der Waals surface area contributed by atoms with E-state index in [9.17, 15) is 9.18 Å². The number of carbonyl (C=O) groups excluding carboxylic acids is 1. The lowest BCUT2D eigenvalue weighted by molar-refractivity contribution is 0.0762. The van der Waals surface area contributed by atoms with Gasteiger partial charge in [-0.25, -0.2) is 4.39 Å². The van der Waals surface area contributed by atoms with Gasteiger partial charge in [0.25, 0.3) is 5.91 Å². The largest absolute Gasteiger partial charge is 0.338 e. The zero-order valence-corrected chi connectivity index (χ0v) is 16.4. The number of aromatic nitrogens is 2. The molecular weight excluding hydrogens is 367 g/mol. The van der Waals surface area contributed by atoms with Crippen molar-refractivity contribution in [2.75, 3.05) is 20.1 Å². The highest BCUT2D eigenvalue weighted by Crippen LogP contribution is 2.34. The van der Waals surface area contributed by atoms with Gasteiger partial charge in [0.05, 0.1) is 5.69 Å². The predicted octanol–water partition coefficient (Wildman–Crippen LogP) is 3.40. The van der Waals surface area contributed by atoms with Gasteiger partial charge in [0.1, 0.15) is 5.82 Å². The monoisotopic (exact) mass is 390 g/mol. The predicted molar refractivity (Wildman–Crippen MR) is 109 cm³/mol. The summed E-state index contributed by atoms with van der Waals surface area (Å²) in [6.45, 7) is 3.16. The Balaban J connectivity index is 1.41. The molecule has 0 fully saturated rings. The van der Waals surface area contributed by atoms with Gasteiger partial charge in [0.2, 0.25) is 0 Å². The van der Waals surface area contributed by atoms with Crippen molar-refractivity contribution in [2.45, 2.75) is 25.9 Å². The fraction of sp³-hybridized carbons (Fsp3) is 0.304. The Kier molecular flexibility index (Phi) is 4.43. The first-order valence-corrected chi connectivity index (χ1v) is 10.0. The van der Waals surface area contributed by atoms with Gasteiger partial charge >= 0.3 is 0 Å². The fourth-order valence-electron chi connectivity index (χ4n) is 4.49. The van der Waals surface area contributed by atoms with Crippen LogP contribution in [0, 0.1) is 5.82 Å². The van der Waals surface area contributed by atoms with Gasteiger partial charge in [-0.2, -0.15) is 5.10 Å². The van der Waals surface area contributed by atoms with E-state index in [1.165, 1.54) is 34.4 Å². The maximum atomic E-state index is 13.2. The molecule has 0 unspecified atom stereocenters. The summed E-state index contributed by atoms with van der Waals surface area (Å²) >= 11 is 0. The third-order valence-corrected chi connectivity index (χ3v) is 5.99. The van der Waals surface area contributed by atoms with Crippen LogP contribution in [0.5, 0.6) is 0 Å². The SMILES string of the molecule is CN1Cc2cccc(-c3n[nH]c4c3CCN(C(=O)c3ccc(F)cc3)CC4)c2C1. The number of hydrogen-bond acceptors (Lipinski definition) is 3. The molecule has 148 valence electrons. The summed E-state index contributed by atoms with van der Waals surface area (Å²) in [5, 5.41) is 7.88. The van der Waals surface area contributed by atoms with E-state index in [1.807, 2.05) is 4.90 Å². The van der Waals surface area contributed by atoms with E-state index in [0.29, 0.717) is 18.7 Å². The Morgan fingerprint density at radius 1 is 1.03 bits per heavy atom. The summed E-state index contributed by atoms with van der Waals surface area (Å²) in [5.74, 6) is -0.379. The first-order chi connectivity index (χ1) is 14.1. The molecule has 0 saturated heterocycles. The number of rotatable bonds is 2. The Morgan fingerprint density at radius 2 is 1.83 bits per heavy atom. The van der Waals surface area contributed by atoms with E-state index in [1.54, 1.807) is 12.1 Å². The Hall–Kier alpha value is -2.99. The molecule has 2 aliphatic rings. The number of amides is 1. The first kappa shape index (κ1) is 18.1. The number of nitrogens with zero attached hydrogens (tertiary/aromatic N) is 3. The number of hydrogen-bond donors (Lipinski definition) is 1. The summed E-state index contributed by atoms with van der Waals surface area (Å²) in [6, 6.07) is 12.2. The lowest BCUT2D eigenvalue weighted by Gasteiger charge is -2.20. The molecule has 5 rings (SSSR count). The molecule has 29 heavy (non-hydrogen) atoms. The van der Waals surface area contributed by atoms with E-state index >= 15 is 0 Å². The van der Waals surface area contributed by atoms with Crippen molar-refractivity contribution in [3.8, 4) is 11.3 Å². The molecular formula is C23H23FN4O. The second-order valence-corrected chi connectivity index (χ2v) is 7.94. The molecule has 0 aliphatic carbocycles. The molecule has 6 heteroatoms. The summed E-state index contributed by atoms with van der Waals surface area (Å²) in [5.41, 5.74) is 7.78. The maximum absolute atomic E-state index is 13.2. The van der Waals surface area contributed by atoms with Crippen LogP contribution in [0.1, 0.15) is 32.7 Å². The highest BCUT2D eigenvalue weighted by Gasteiger charge is 2.26. The lowest BCUT2D eigenvalue weighted by Crippen LogP contribution is -2.33. The minimum absolute atomic E-state index is 0.0492. The van der Waals surface area contributed by atoms with E-state index in [4.69, 9.17) is 0 Å². The van der Waals surface area contributed by atoms with Crippen LogP contribution in [0.25, 0.3) is 11.3 Å². The van der Waals surface area contributed by atoms with Crippen LogP contribution in [0.4, 0.5) is 4.39 Å². The van der Waals surface area contributed by atoms with Gasteiger partial charge in [-0.1, -0.05) is 18.2 Å². The molecule has 0 radical (unpaired) electrons. The number of carbonyl (C=O) groups is 1. The van der Waals surface area contributed by atoms with Gasteiger partial charge in [0, 0.05) is 55.0 Å². The molecule has 1 amide bonds. The summed E-state index contributed by atoms with van der Waals surface area (Å²) < 4.78 is 13.2. The topological polar surface area (TPSA) is 52.2 Å². The highest BCUT2D eigenvalue weighted by atomic mass is 19.1. The van der Waals surface area contributed by atoms with Gasteiger partial charge in [-0.05, 0) is 48.9 Å². The van der Waals surface area contributed by atoms with Crippen LogP contribution in [0.2, 0.25) is 0 Å². The fourth-order valence-corrected chi connectivity index (χ4v) is 4.49. The number of benzene rings is 2.